The molecule has 4 nitrogen and oxygen atoms in total. The molecule has 0 aliphatic heterocycles. The summed E-state index contributed by atoms with van der Waals surface area (Å²) in [4.78, 5) is 4.31. The molecule has 0 aliphatic carbocycles. The van der Waals surface area contributed by atoms with E-state index in [-0.39, 0.29) is 0 Å². The highest BCUT2D eigenvalue weighted by Gasteiger charge is 2.08. The zero-order chi connectivity index (χ0) is 13.7. The molecule has 1 aromatic carbocycles. The summed E-state index contributed by atoms with van der Waals surface area (Å²) in [6.07, 6.45) is 4.58. The highest BCUT2D eigenvalue weighted by molar-refractivity contribution is 9.10. The van der Waals surface area contributed by atoms with Gasteiger partial charge in [0.25, 0.3) is 0 Å². The summed E-state index contributed by atoms with van der Waals surface area (Å²) in [6.45, 7) is 1.54. The van der Waals surface area contributed by atoms with Crippen LogP contribution in [0.15, 0.2) is 35.1 Å². The summed E-state index contributed by atoms with van der Waals surface area (Å²) >= 11 is 9.56. The van der Waals surface area contributed by atoms with Crippen LogP contribution in [-0.4, -0.2) is 29.8 Å². The number of benzene rings is 1. The van der Waals surface area contributed by atoms with Crippen LogP contribution in [0.25, 0.3) is 5.69 Å². The summed E-state index contributed by atoms with van der Waals surface area (Å²) in [7, 11) is 1.70. The average molecular weight is 345 g/mol. The second-order valence-electron chi connectivity index (χ2n) is 3.99. The number of imidazole rings is 1. The molecule has 0 amide bonds. The predicted octanol–water partition coefficient (Wildman–Crippen LogP) is 3.74. The van der Waals surface area contributed by atoms with Crippen LogP contribution in [0.5, 0.6) is 0 Å². The fourth-order valence-corrected chi connectivity index (χ4v) is 2.32. The lowest BCUT2D eigenvalue weighted by Gasteiger charge is -2.11. The van der Waals surface area contributed by atoms with Crippen LogP contribution in [0.1, 0.15) is 6.42 Å². The highest BCUT2D eigenvalue weighted by atomic mass is 79.9. The number of nitrogens with zero attached hydrogens (tertiary/aromatic N) is 2. The van der Waals surface area contributed by atoms with Crippen LogP contribution < -0.4 is 5.32 Å². The molecule has 6 heteroatoms. The number of methoxy groups -OCH3 is 1. The Kier molecular flexibility index (Phi) is 5.24. The van der Waals surface area contributed by atoms with Gasteiger partial charge >= 0.3 is 0 Å². The third-order valence-electron chi connectivity index (χ3n) is 2.62. The summed E-state index contributed by atoms with van der Waals surface area (Å²) in [5, 5.41) is 3.97. The molecule has 0 aliphatic rings. The monoisotopic (exact) mass is 343 g/mol. The van der Waals surface area contributed by atoms with E-state index in [9.17, 15) is 0 Å². The van der Waals surface area contributed by atoms with Crippen molar-refractivity contribution in [3.63, 3.8) is 0 Å². The largest absolute Gasteiger partial charge is 0.385 e. The maximum atomic E-state index is 6.04. The van der Waals surface area contributed by atoms with Crippen molar-refractivity contribution in [3.8, 4) is 5.69 Å². The number of halogens is 2. The molecule has 0 saturated heterocycles. The molecule has 0 bridgehead atoms. The van der Waals surface area contributed by atoms with E-state index in [1.54, 1.807) is 13.3 Å². The van der Waals surface area contributed by atoms with Crippen LogP contribution in [0.2, 0.25) is 5.02 Å². The van der Waals surface area contributed by atoms with Gasteiger partial charge in [-0.1, -0.05) is 11.6 Å². The van der Waals surface area contributed by atoms with E-state index in [0.29, 0.717) is 5.02 Å². The summed E-state index contributed by atoms with van der Waals surface area (Å²) in [5.74, 6) is 0.791. The molecule has 0 saturated carbocycles. The van der Waals surface area contributed by atoms with Crippen molar-refractivity contribution in [1.82, 2.24) is 9.55 Å². The lowest BCUT2D eigenvalue weighted by Crippen LogP contribution is -2.09. The van der Waals surface area contributed by atoms with Gasteiger partial charge in [-0.2, -0.15) is 0 Å². The number of rotatable bonds is 6. The van der Waals surface area contributed by atoms with E-state index in [4.69, 9.17) is 16.3 Å². The maximum absolute atomic E-state index is 6.04. The minimum atomic E-state index is 0.692. The second-order valence-corrected chi connectivity index (χ2v) is 5.28. The Labute approximate surface area is 125 Å². The second kappa shape index (κ2) is 6.93. The lowest BCUT2D eigenvalue weighted by atomic mass is 10.3. The Balaban J connectivity index is 2.16. The van der Waals surface area contributed by atoms with E-state index >= 15 is 0 Å². The van der Waals surface area contributed by atoms with Gasteiger partial charge in [-0.25, -0.2) is 4.98 Å². The zero-order valence-corrected chi connectivity index (χ0v) is 12.9. The number of hydrogen-bond donors (Lipinski definition) is 1. The summed E-state index contributed by atoms with van der Waals surface area (Å²) in [6, 6.07) is 5.66. The zero-order valence-electron chi connectivity index (χ0n) is 10.6. The predicted molar refractivity (Wildman–Crippen MR) is 81.3 cm³/mol. The van der Waals surface area contributed by atoms with Crippen LogP contribution in [0.3, 0.4) is 0 Å². The quantitative estimate of drug-likeness (QED) is 0.812. The van der Waals surface area contributed by atoms with Gasteiger partial charge in [0.15, 0.2) is 0 Å². The van der Waals surface area contributed by atoms with Crippen molar-refractivity contribution in [1.29, 1.82) is 0 Å². The number of nitrogens with one attached hydrogen (secondary N) is 1. The Hall–Kier alpha value is -1.04. The van der Waals surface area contributed by atoms with Gasteiger partial charge in [0.2, 0.25) is 5.95 Å². The summed E-state index contributed by atoms with van der Waals surface area (Å²) < 4.78 is 7.95. The van der Waals surface area contributed by atoms with Crippen molar-refractivity contribution >= 4 is 33.5 Å². The Morgan fingerprint density at radius 3 is 3.11 bits per heavy atom. The van der Waals surface area contributed by atoms with Crippen LogP contribution in [0, 0.1) is 0 Å². The fraction of sp³-hybridized carbons (Fsp3) is 0.308. The standard InChI is InChI=1S/C13H15BrClN3O/c1-19-8-2-5-16-13-17-6-7-18(13)12-9-10(15)3-4-11(12)14/h3-4,6-7,9H,2,5,8H2,1H3,(H,16,17). The van der Waals surface area contributed by atoms with E-state index in [1.807, 2.05) is 29.0 Å². The number of anilines is 1. The van der Waals surface area contributed by atoms with E-state index < -0.39 is 0 Å². The minimum Gasteiger partial charge on any atom is -0.385 e. The van der Waals surface area contributed by atoms with Gasteiger partial charge < -0.3 is 10.1 Å². The molecule has 2 rings (SSSR count). The van der Waals surface area contributed by atoms with Gasteiger partial charge in [-0.05, 0) is 40.5 Å². The van der Waals surface area contributed by atoms with Gasteiger partial charge in [0.05, 0.1) is 5.69 Å². The molecular formula is C13H15BrClN3O. The van der Waals surface area contributed by atoms with Crippen molar-refractivity contribution in [3.05, 3.63) is 40.1 Å². The van der Waals surface area contributed by atoms with Crippen molar-refractivity contribution < 1.29 is 4.74 Å². The first kappa shape index (κ1) is 14.4. The van der Waals surface area contributed by atoms with Gasteiger partial charge in [0.1, 0.15) is 0 Å². The molecule has 1 N–H and O–H groups in total. The summed E-state index contributed by atoms with van der Waals surface area (Å²) in [5.41, 5.74) is 0.958. The van der Waals surface area contributed by atoms with Gasteiger partial charge in [-0.3, -0.25) is 4.57 Å². The van der Waals surface area contributed by atoms with Crippen molar-refractivity contribution in [2.24, 2.45) is 0 Å². The first-order valence-corrected chi connectivity index (χ1v) is 7.11. The van der Waals surface area contributed by atoms with E-state index in [1.165, 1.54) is 0 Å². The molecule has 1 heterocycles. The first-order chi connectivity index (χ1) is 9.22. The molecular weight excluding hydrogens is 330 g/mol. The van der Waals surface area contributed by atoms with Crippen molar-refractivity contribution in [2.75, 3.05) is 25.6 Å². The Morgan fingerprint density at radius 2 is 2.32 bits per heavy atom. The third-order valence-corrected chi connectivity index (χ3v) is 3.52. The molecule has 0 unspecified atom stereocenters. The van der Waals surface area contributed by atoms with Gasteiger partial charge in [-0.15, -0.1) is 0 Å². The van der Waals surface area contributed by atoms with Crippen molar-refractivity contribution in [2.45, 2.75) is 6.42 Å². The average Bonchev–Trinajstić information content (AvgIpc) is 2.86. The van der Waals surface area contributed by atoms with E-state index in [0.717, 1.165) is 35.7 Å². The third kappa shape index (κ3) is 3.72. The molecule has 102 valence electrons. The molecule has 2 aromatic rings. The lowest BCUT2D eigenvalue weighted by molar-refractivity contribution is 0.197. The first-order valence-electron chi connectivity index (χ1n) is 5.94. The van der Waals surface area contributed by atoms with Crippen LogP contribution >= 0.6 is 27.5 Å². The Morgan fingerprint density at radius 1 is 1.47 bits per heavy atom. The number of ether oxygens (including phenoxy) is 1. The number of hydrogen-bond acceptors (Lipinski definition) is 3. The molecule has 1 aromatic heterocycles. The van der Waals surface area contributed by atoms with Crippen LogP contribution in [-0.2, 0) is 4.74 Å². The molecule has 0 spiro atoms. The molecule has 0 atom stereocenters. The van der Waals surface area contributed by atoms with E-state index in [2.05, 4.69) is 26.2 Å². The molecule has 0 radical (unpaired) electrons. The molecule has 0 fully saturated rings. The highest BCUT2D eigenvalue weighted by Crippen LogP contribution is 2.26. The van der Waals surface area contributed by atoms with Gasteiger partial charge in [0, 0.05) is 42.2 Å². The normalized spacial score (nSPS) is 10.7. The van der Waals surface area contributed by atoms with Crippen LogP contribution in [0.4, 0.5) is 5.95 Å². The Bertz CT molecular complexity index is 544. The maximum Gasteiger partial charge on any atom is 0.207 e. The molecule has 19 heavy (non-hydrogen) atoms. The SMILES string of the molecule is COCCCNc1nccn1-c1cc(Cl)ccc1Br. The minimum absolute atomic E-state index is 0.692. The smallest absolute Gasteiger partial charge is 0.207 e. The number of aromatic nitrogens is 2. The fourth-order valence-electron chi connectivity index (χ4n) is 1.72. The topological polar surface area (TPSA) is 39.1 Å².